The summed E-state index contributed by atoms with van der Waals surface area (Å²) in [5, 5.41) is 1.23. The summed E-state index contributed by atoms with van der Waals surface area (Å²) in [5.41, 5.74) is 22.9. The third-order valence-electron chi connectivity index (χ3n) is 17.6. The van der Waals surface area contributed by atoms with Gasteiger partial charge in [0.2, 0.25) is 0 Å². The molecule has 3 heterocycles. The lowest BCUT2D eigenvalue weighted by molar-refractivity contribution is 0.332. The summed E-state index contributed by atoms with van der Waals surface area (Å²) in [6, 6.07) is 34.3. The first-order valence-electron chi connectivity index (χ1n) is 24.6. The van der Waals surface area contributed by atoms with Crippen LogP contribution in [0.1, 0.15) is 181 Å². The van der Waals surface area contributed by atoms with E-state index >= 15 is 0 Å². The first-order chi connectivity index (χ1) is 29.8. The molecule has 3 nitrogen and oxygen atoms in total. The molecule has 0 N–H and O–H groups in total. The SMILES string of the molecule is CC(C)(C)c1ccc(N2c3cc4c(cc3B3c5oc6cc7c(cc6c5N(c5ccc6c(c5)C(C)(C)CCC6(C)C)c5cccc2c53)C(C)(C)CCC7(C)C)C(C)(C)CCC4(C)C)cc1. The Morgan fingerprint density at radius 1 is 0.469 bits per heavy atom. The fourth-order valence-corrected chi connectivity index (χ4v) is 12.9. The van der Waals surface area contributed by atoms with Gasteiger partial charge < -0.3 is 14.2 Å². The molecule has 64 heavy (non-hydrogen) atoms. The molecule has 0 saturated heterocycles. The van der Waals surface area contributed by atoms with Crippen LogP contribution >= 0.6 is 0 Å². The highest BCUT2D eigenvalue weighted by Crippen LogP contribution is 2.55. The maximum atomic E-state index is 7.63. The van der Waals surface area contributed by atoms with Crippen LogP contribution in [0.5, 0.6) is 0 Å². The summed E-state index contributed by atoms with van der Waals surface area (Å²) >= 11 is 0. The van der Waals surface area contributed by atoms with Gasteiger partial charge in [0, 0.05) is 33.8 Å². The maximum absolute atomic E-state index is 7.63. The second kappa shape index (κ2) is 13.0. The molecule has 1 aromatic heterocycles. The van der Waals surface area contributed by atoms with Gasteiger partial charge >= 0.3 is 0 Å². The smallest absolute Gasteiger partial charge is 0.297 e. The molecule has 0 radical (unpaired) electrons. The minimum absolute atomic E-state index is 0.0518. The largest absolute Gasteiger partial charge is 0.468 e. The monoisotopic (exact) mass is 847 g/mol. The molecule has 11 rings (SSSR count). The van der Waals surface area contributed by atoms with Gasteiger partial charge in [-0.25, -0.2) is 0 Å². The summed E-state index contributed by atoms with van der Waals surface area (Å²) in [5.74, 6) is 0. The average molecular weight is 847 g/mol. The van der Waals surface area contributed by atoms with Crippen LogP contribution in [0.2, 0.25) is 0 Å². The second-order valence-electron chi connectivity index (χ2n) is 25.8. The molecule has 0 bridgehead atoms. The van der Waals surface area contributed by atoms with E-state index in [1.165, 1.54) is 128 Å². The Labute approximate surface area is 385 Å². The Hall–Kier alpha value is -4.70. The lowest BCUT2D eigenvalue weighted by Crippen LogP contribution is -2.61. The maximum Gasteiger partial charge on any atom is 0.297 e. The van der Waals surface area contributed by atoms with Crippen LogP contribution in [0.25, 0.3) is 11.0 Å². The van der Waals surface area contributed by atoms with Gasteiger partial charge in [0.25, 0.3) is 6.71 Å². The van der Waals surface area contributed by atoms with Crippen molar-refractivity contribution in [3.05, 3.63) is 124 Å². The van der Waals surface area contributed by atoms with Crippen molar-refractivity contribution < 1.29 is 4.42 Å². The van der Waals surface area contributed by atoms with Crippen LogP contribution in [0, 0.1) is 0 Å². The first-order valence-corrected chi connectivity index (χ1v) is 24.6. The van der Waals surface area contributed by atoms with Crippen molar-refractivity contribution in [2.75, 3.05) is 9.80 Å². The number of hydrogen-bond acceptors (Lipinski definition) is 3. The Morgan fingerprint density at radius 2 is 0.938 bits per heavy atom. The van der Waals surface area contributed by atoms with Crippen molar-refractivity contribution in [1.82, 2.24) is 0 Å². The van der Waals surface area contributed by atoms with Crippen LogP contribution in [0.4, 0.5) is 34.1 Å². The Balaban J connectivity index is 1.26. The van der Waals surface area contributed by atoms with E-state index in [1.54, 1.807) is 0 Å². The van der Waals surface area contributed by atoms with Crippen molar-refractivity contribution in [3.8, 4) is 0 Å². The Bertz CT molecular complexity index is 2950. The summed E-state index contributed by atoms with van der Waals surface area (Å²) in [6.45, 7) is 36.3. The van der Waals surface area contributed by atoms with E-state index in [4.69, 9.17) is 4.42 Å². The Morgan fingerprint density at radius 3 is 1.50 bits per heavy atom. The van der Waals surface area contributed by atoms with E-state index in [0.717, 1.165) is 11.2 Å². The molecule has 0 unspecified atom stereocenters. The van der Waals surface area contributed by atoms with E-state index in [9.17, 15) is 0 Å². The van der Waals surface area contributed by atoms with Crippen molar-refractivity contribution in [2.24, 2.45) is 0 Å². The summed E-state index contributed by atoms with van der Waals surface area (Å²) in [6.07, 6.45) is 7.05. The molecule has 0 amide bonds. The highest BCUT2D eigenvalue weighted by Gasteiger charge is 2.50. The minimum atomic E-state index is -0.0814. The summed E-state index contributed by atoms with van der Waals surface area (Å²) in [7, 11) is 0. The van der Waals surface area contributed by atoms with Gasteiger partial charge in [-0.05, 0) is 181 Å². The normalized spacial score (nSPS) is 21.3. The molecule has 0 fully saturated rings. The van der Waals surface area contributed by atoms with Crippen LogP contribution in [0.3, 0.4) is 0 Å². The highest BCUT2D eigenvalue weighted by atomic mass is 16.3. The lowest BCUT2D eigenvalue weighted by Gasteiger charge is -2.47. The molecule has 5 aliphatic rings. The Kier molecular flexibility index (Phi) is 8.53. The predicted molar refractivity (Wildman–Crippen MR) is 275 cm³/mol. The molecule has 2 aliphatic heterocycles. The molecule has 0 saturated carbocycles. The van der Waals surface area contributed by atoms with E-state index in [1.807, 2.05) is 0 Å². The van der Waals surface area contributed by atoms with Gasteiger partial charge in [0.05, 0.1) is 11.3 Å². The van der Waals surface area contributed by atoms with E-state index in [2.05, 4.69) is 199 Å². The quantitative estimate of drug-likeness (QED) is 0.162. The summed E-state index contributed by atoms with van der Waals surface area (Å²) in [4.78, 5) is 5.22. The number of furan rings is 1. The minimum Gasteiger partial charge on any atom is -0.468 e. The van der Waals surface area contributed by atoms with Gasteiger partial charge in [-0.15, -0.1) is 0 Å². The number of fused-ring (bicyclic) bond motifs is 9. The third kappa shape index (κ3) is 5.91. The fraction of sp³-hybridized carbons (Fsp3) is 0.467. The number of benzene rings is 5. The molecular formula is C60H71BN2O. The molecule has 330 valence electrons. The zero-order valence-electron chi connectivity index (χ0n) is 41.7. The topological polar surface area (TPSA) is 19.6 Å². The third-order valence-corrected chi connectivity index (χ3v) is 17.6. The number of hydrogen-bond donors (Lipinski definition) is 0. The van der Waals surface area contributed by atoms with Crippen molar-refractivity contribution in [1.29, 1.82) is 0 Å². The molecule has 0 spiro atoms. The first kappa shape index (κ1) is 42.0. The van der Waals surface area contributed by atoms with E-state index in [0.29, 0.717) is 0 Å². The van der Waals surface area contributed by atoms with Crippen LogP contribution in [-0.2, 0) is 37.9 Å². The lowest BCUT2D eigenvalue weighted by atomic mass is 9.35. The zero-order chi connectivity index (χ0) is 45.5. The number of nitrogens with zero attached hydrogens (tertiary/aromatic N) is 2. The fourth-order valence-electron chi connectivity index (χ4n) is 12.9. The summed E-state index contributed by atoms with van der Waals surface area (Å²) < 4.78 is 7.63. The molecule has 0 atom stereocenters. The number of rotatable bonds is 2. The van der Waals surface area contributed by atoms with Crippen LogP contribution in [-0.4, -0.2) is 6.71 Å². The van der Waals surface area contributed by atoms with Crippen LogP contribution < -0.4 is 26.4 Å². The van der Waals surface area contributed by atoms with Gasteiger partial charge in [-0.1, -0.05) is 134 Å². The van der Waals surface area contributed by atoms with Crippen molar-refractivity contribution >= 4 is 68.4 Å². The van der Waals surface area contributed by atoms with Gasteiger partial charge in [0.1, 0.15) is 5.58 Å². The van der Waals surface area contributed by atoms with E-state index < -0.39 is 0 Å². The van der Waals surface area contributed by atoms with Gasteiger partial charge in [-0.3, -0.25) is 0 Å². The van der Waals surface area contributed by atoms with Crippen molar-refractivity contribution in [2.45, 2.75) is 180 Å². The van der Waals surface area contributed by atoms with Gasteiger partial charge in [0.15, 0.2) is 0 Å². The molecular weight excluding hydrogens is 775 g/mol. The molecule has 6 aromatic rings. The predicted octanol–water partition coefficient (Wildman–Crippen LogP) is 14.9. The molecule has 4 heteroatoms. The average Bonchev–Trinajstić information content (AvgIpc) is 3.60. The van der Waals surface area contributed by atoms with Crippen LogP contribution in [0.15, 0.2) is 89.3 Å². The molecule has 5 aromatic carbocycles. The highest BCUT2D eigenvalue weighted by molar-refractivity contribution is 7.00. The number of anilines is 6. The van der Waals surface area contributed by atoms with Crippen molar-refractivity contribution in [3.63, 3.8) is 0 Å². The zero-order valence-corrected chi connectivity index (χ0v) is 41.7. The molecule has 3 aliphatic carbocycles. The van der Waals surface area contributed by atoms with E-state index in [-0.39, 0.29) is 44.6 Å². The standard InChI is InChI=1S/C60H71BN2O/c1-54(2,3)36-19-21-37(22-20-36)62-47-17-16-18-48-51(47)61(46-33-43-44(34-49(46)62)59(12,13)29-28-58(43,10)11)53-52(39-32-42-45(35-50(39)64-53)60(14,15)30-27-57(42,8)9)63(48)38-23-24-40-41(31-38)56(6,7)26-25-55(40,4)5/h16-24,31-35H,25-30H2,1-15H3. The second-order valence-corrected chi connectivity index (χ2v) is 25.8. The van der Waals surface area contributed by atoms with Gasteiger partial charge in [-0.2, -0.15) is 0 Å².